The molecule has 0 aromatic heterocycles. The Balaban J connectivity index is 1.82. The number of carboxylic acid groups (broad SMARTS) is 1. The third kappa shape index (κ3) is 4.71. The maximum atomic E-state index is 12.5. The van der Waals surface area contributed by atoms with Gasteiger partial charge in [-0.05, 0) is 44.9 Å². The number of nitrogens with one attached hydrogen (secondary N) is 1. The van der Waals surface area contributed by atoms with Crippen LogP contribution in [-0.2, 0) is 14.4 Å². The molecule has 0 aromatic rings. The van der Waals surface area contributed by atoms with E-state index in [2.05, 4.69) is 5.32 Å². The van der Waals surface area contributed by atoms with Crippen molar-refractivity contribution in [1.29, 1.82) is 0 Å². The molecule has 2 atom stereocenters. The molecular formula is C18H30N2O4. The molecule has 24 heavy (non-hydrogen) atoms. The summed E-state index contributed by atoms with van der Waals surface area (Å²) in [6.07, 6.45) is 5.22. The van der Waals surface area contributed by atoms with E-state index in [-0.39, 0.29) is 35.6 Å². The van der Waals surface area contributed by atoms with Crippen LogP contribution in [0.1, 0.15) is 58.8 Å². The van der Waals surface area contributed by atoms with Gasteiger partial charge < -0.3 is 15.3 Å². The first-order valence-corrected chi connectivity index (χ1v) is 9.24. The minimum absolute atomic E-state index is 0.0121. The number of rotatable bonds is 5. The van der Waals surface area contributed by atoms with Crippen LogP contribution >= 0.6 is 0 Å². The van der Waals surface area contributed by atoms with Crippen molar-refractivity contribution >= 4 is 17.8 Å². The highest BCUT2D eigenvalue weighted by molar-refractivity contribution is 5.82. The van der Waals surface area contributed by atoms with Gasteiger partial charge in [0.1, 0.15) is 0 Å². The maximum Gasteiger partial charge on any atom is 0.306 e. The van der Waals surface area contributed by atoms with Gasteiger partial charge in [0.25, 0.3) is 0 Å². The van der Waals surface area contributed by atoms with Crippen molar-refractivity contribution in [2.24, 2.45) is 17.8 Å². The van der Waals surface area contributed by atoms with E-state index in [4.69, 9.17) is 5.11 Å². The van der Waals surface area contributed by atoms with Gasteiger partial charge in [-0.25, -0.2) is 0 Å². The predicted molar refractivity (Wildman–Crippen MR) is 90.3 cm³/mol. The number of aliphatic carboxylic acids is 1. The Morgan fingerprint density at radius 1 is 1.12 bits per heavy atom. The number of amides is 2. The van der Waals surface area contributed by atoms with Gasteiger partial charge in [-0.3, -0.25) is 14.4 Å². The fraction of sp³-hybridized carbons (Fsp3) is 0.833. The zero-order valence-electron chi connectivity index (χ0n) is 14.8. The molecule has 2 N–H and O–H groups in total. The molecule has 1 saturated heterocycles. The molecule has 1 saturated carbocycles. The van der Waals surface area contributed by atoms with Gasteiger partial charge in [0, 0.05) is 25.0 Å². The number of hydrogen-bond donors (Lipinski definition) is 2. The largest absolute Gasteiger partial charge is 0.481 e. The molecule has 2 rings (SSSR count). The smallest absolute Gasteiger partial charge is 0.306 e. The molecular weight excluding hydrogens is 308 g/mol. The molecule has 2 amide bonds. The van der Waals surface area contributed by atoms with Crippen LogP contribution in [0, 0.1) is 17.8 Å². The maximum absolute atomic E-state index is 12.5. The second kappa shape index (κ2) is 8.49. The average Bonchev–Trinajstić information content (AvgIpc) is 2.60. The first-order chi connectivity index (χ1) is 11.4. The van der Waals surface area contributed by atoms with Gasteiger partial charge >= 0.3 is 5.97 Å². The van der Waals surface area contributed by atoms with E-state index in [1.165, 1.54) is 0 Å². The minimum Gasteiger partial charge on any atom is -0.481 e. The van der Waals surface area contributed by atoms with Crippen LogP contribution in [0.3, 0.4) is 0 Å². The Morgan fingerprint density at radius 2 is 1.79 bits per heavy atom. The summed E-state index contributed by atoms with van der Waals surface area (Å²) >= 11 is 0. The minimum atomic E-state index is -0.730. The lowest BCUT2D eigenvalue weighted by Gasteiger charge is -2.35. The van der Waals surface area contributed by atoms with E-state index in [0.717, 1.165) is 38.6 Å². The van der Waals surface area contributed by atoms with E-state index >= 15 is 0 Å². The molecule has 6 heteroatoms. The van der Waals surface area contributed by atoms with E-state index in [0.29, 0.717) is 19.4 Å². The normalized spacial score (nSPS) is 28.9. The number of hydrogen-bond acceptors (Lipinski definition) is 3. The number of carbonyl (C=O) groups is 3. The van der Waals surface area contributed by atoms with Crippen LogP contribution in [0.25, 0.3) is 0 Å². The van der Waals surface area contributed by atoms with Crippen LogP contribution in [0.4, 0.5) is 0 Å². The standard InChI is InChI=1S/C18H30N2O4/c1-3-12(2)17(22)20-10-4-5-14(11-20)16(21)19-15-8-6-13(7-9-15)18(23)24/h12-15H,3-11H2,1-2H3,(H,19,21)(H,23,24). The average molecular weight is 338 g/mol. The van der Waals surface area contributed by atoms with Crippen molar-refractivity contribution in [3.8, 4) is 0 Å². The Kier molecular flexibility index (Phi) is 6.63. The SMILES string of the molecule is CCC(C)C(=O)N1CCCC(C(=O)NC2CCC(C(=O)O)CC2)C1. The van der Waals surface area contributed by atoms with E-state index < -0.39 is 5.97 Å². The molecule has 1 aliphatic heterocycles. The predicted octanol–water partition coefficient (Wildman–Crippen LogP) is 2.03. The second-order valence-electron chi connectivity index (χ2n) is 7.33. The van der Waals surface area contributed by atoms with Crippen molar-refractivity contribution in [3.63, 3.8) is 0 Å². The van der Waals surface area contributed by atoms with Crippen molar-refractivity contribution in [1.82, 2.24) is 10.2 Å². The fourth-order valence-electron chi connectivity index (χ4n) is 3.68. The first-order valence-electron chi connectivity index (χ1n) is 9.24. The Morgan fingerprint density at radius 3 is 2.38 bits per heavy atom. The second-order valence-corrected chi connectivity index (χ2v) is 7.33. The molecule has 0 spiro atoms. The molecule has 0 aromatic carbocycles. The third-order valence-corrected chi connectivity index (χ3v) is 5.56. The van der Waals surface area contributed by atoms with E-state index in [1.807, 2.05) is 18.7 Å². The van der Waals surface area contributed by atoms with Crippen LogP contribution in [0.15, 0.2) is 0 Å². The summed E-state index contributed by atoms with van der Waals surface area (Å²) in [5.41, 5.74) is 0. The summed E-state index contributed by atoms with van der Waals surface area (Å²) in [5.74, 6) is -0.947. The lowest BCUT2D eigenvalue weighted by atomic mass is 9.85. The molecule has 2 unspecified atom stereocenters. The van der Waals surface area contributed by atoms with Crippen molar-refractivity contribution in [2.45, 2.75) is 64.8 Å². The monoisotopic (exact) mass is 338 g/mol. The molecule has 136 valence electrons. The third-order valence-electron chi connectivity index (χ3n) is 5.56. The summed E-state index contributed by atoms with van der Waals surface area (Å²) in [6.45, 7) is 5.20. The first kappa shape index (κ1) is 18.7. The van der Waals surface area contributed by atoms with Gasteiger partial charge in [-0.1, -0.05) is 13.8 Å². The number of piperidine rings is 1. The molecule has 1 aliphatic carbocycles. The summed E-state index contributed by atoms with van der Waals surface area (Å²) in [5, 5.41) is 12.1. The number of carbonyl (C=O) groups excluding carboxylic acids is 2. The lowest BCUT2D eigenvalue weighted by molar-refractivity contribution is -0.142. The van der Waals surface area contributed by atoms with Gasteiger partial charge in [0.15, 0.2) is 0 Å². The van der Waals surface area contributed by atoms with Gasteiger partial charge in [0.2, 0.25) is 11.8 Å². The molecule has 2 fully saturated rings. The molecule has 0 bridgehead atoms. The van der Waals surface area contributed by atoms with Crippen LogP contribution in [-0.4, -0.2) is 46.9 Å². The number of nitrogens with zero attached hydrogens (tertiary/aromatic N) is 1. The van der Waals surface area contributed by atoms with Crippen molar-refractivity contribution in [2.75, 3.05) is 13.1 Å². The van der Waals surface area contributed by atoms with Gasteiger partial charge in [0.05, 0.1) is 11.8 Å². The zero-order chi connectivity index (χ0) is 17.7. The van der Waals surface area contributed by atoms with E-state index in [1.54, 1.807) is 0 Å². The molecule has 2 aliphatic rings. The van der Waals surface area contributed by atoms with Crippen LogP contribution < -0.4 is 5.32 Å². The summed E-state index contributed by atoms with van der Waals surface area (Å²) < 4.78 is 0. The summed E-state index contributed by atoms with van der Waals surface area (Å²) in [4.78, 5) is 37.7. The van der Waals surface area contributed by atoms with Crippen LogP contribution in [0.5, 0.6) is 0 Å². The number of carboxylic acids is 1. The Labute approximate surface area is 144 Å². The van der Waals surface area contributed by atoms with E-state index in [9.17, 15) is 14.4 Å². The highest BCUT2D eigenvalue weighted by Crippen LogP contribution is 2.25. The quantitative estimate of drug-likeness (QED) is 0.803. The van der Waals surface area contributed by atoms with Crippen molar-refractivity contribution < 1.29 is 19.5 Å². The summed E-state index contributed by atoms with van der Waals surface area (Å²) in [6, 6.07) is 0.0775. The number of likely N-dealkylation sites (tertiary alicyclic amines) is 1. The highest BCUT2D eigenvalue weighted by Gasteiger charge is 2.32. The topological polar surface area (TPSA) is 86.7 Å². The van der Waals surface area contributed by atoms with Crippen molar-refractivity contribution in [3.05, 3.63) is 0 Å². The van der Waals surface area contributed by atoms with Crippen LogP contribution in [0.2, 0.25) is 0 Å². The molecule has 6 nitrogen and oxygen atoms in total. The Hall–Kier alpha value is -1.59. The molecule has 1 heterocycles. The zero-order valence-corrected chi connectivity index (χ0v) is 14.8. The fourth-order valence-corrected chi connectivity index (χ4v) is 3.68. The lowest BCUT2D eigenvalue weighted by Crippen LogP contribution is -2.49. The highest BCUT2D eigenvalue weighted by atomic mass is 16.4. The van der Waals surface area contributed by atoms with Gasteiger partial charge in [-0.2, -0.15) is 0 Å². The van der Waals surface area contributed by atoms with Gasteiger partial charge in [-0.15, -0.1) is 0 Å². The summed E-state index contributed by atoms with van der Waals surface area (Å²) in [7, 11) is 0. The molecule has 0 radical (unpaired) electrons. The Bertz CT molecular complexity index is 472.